The van der Waals surface area contributed by atoms with Gasteiger partial charge >= 0.3 is 0 Å². The maximum atomic E-state index is 12.7. The van der Waals surface area contributed by atoms with Crippen LogP contribution in [0.15, 0.2) is 76.7 Å². The Morgan fingerprint density at radius 2 is 1.52 bits per heavy atom. The van der Waals surface area contributed by atoms with E-state index in [1.54, 1.807) is 43.3 Å². The molecule has 2 N–H and O–H groups in total. The standard InChI is InChI=1S/C24H25N3O5S/c1-16-5-7-19(8-6-16)24(28)25-20-11-9-18(10-12-20)17(2)26-27-33(29,30)23-14-13-21(31-3)15-22(23)32-4/h5-15,27H,1-4H3,(H,25,28). The number of hydrogen-bond acceptors (Lipinski definition) is 6. The first-order valence-electron chi connectivity index (χ1n) is 10.00. The van der Waals surface area contributed by atoms with Crippen molar-refractivity contribution in [3.05, 3.63) is 83.4 Å². The van der Waals surface area contributed by atoms with Gasteiger partial charge in [0.2, 0.25) is 0 Å². The lowest BCUT2D eigenvalue weighted by molar-refractivity contribution is 0.102. The number of carbonyl (C=O) groups is 1. The van der Waals surface area contributed by atoms with E-state index in [-0.39, 0.29) is 16.6 Å². The Morgan fingerprint density at radius 1 is 0.879 bits per heavy atom. The van der Waals surface area contributed by atoms with Gasteiger partial charge in [-0.05, 0) is 55.8 Å². The zero-order valence-electron chi connectivity index (χ0n) is 18.7. The van der Waals surface area contributed by atoms with E-state index < -0.39 is 10.0 Å². The van der Waals surface area contributed by atoms with Crippen LogP contribution in [0.25, 0.3) is 0 Å². The maximum Gasteiger partial charge on any atom is 0.280 e. The number of sulfonamides is 1. The van der Waals surface area contributed by atoms with Crippen LogP contribution < -0.4 is 19.6 Å². The molecule has 0 unspecified atom stereocenters. The Balaban J connectivity index is 1.70. The number of carbonyl (C=O) groups excluding carboxylic acids is 1. The second kappa shape index (κ2) is 10.2. The number of nitrogens with one attached hydrogen (secondary N) is 2. The van der Waals surface area contributed by atoms with Gasteiger partial charge in [-0.3, -0.25) is 4.79 Å². The number of methoxy groups -OCH3 is 2. The molecule has 1 amide bonds. The normalized spacial score (nSPS) is 11.6. The second-order valence-corrected chi connectivity index (χ2v) is 8.84. The second-order valence-electron chi connectivity index (χ2n) is 7.21. The van der Waals surface area contributed by atoms with Gasteiger partial charge < -0.3 is 14.8 Å². The molecule has 172 valence electrons. The monoisotopic (exact) mass is 467 g/mol. The average molecular weight is 468 g/mol. The van der Waals surface area contributed by atoms with Gasteiger partial charge in [-0.2, -0.15) is 18.4 Å². The summed E-state index contributed by atoms with van der Waals surface area (Å²) in [5.41, 5.74) is 3.38. The van der Waals surface area contributed by atoms with Crippen molar-refractivity contribution in [1.82, 2.24) is 4.83 Å². The summed E-state index contributed by atoms with van der Waals surface area (Å²) in [6, 6.07) is 18.6. The van der Waals surface area contributed by atoms with Gasteiger partial charge in [0.05, 0.1) is 19.9 Å². The van der Waals surface area contributed by atoms with Crippen LogP contribution in [0.5, 0.6) is 11.5 Å². The molecule has 0 atom stereocenters. The molecule has 0 aliphatic carbocycles. The number of ether oxygens (including phenoxy) is 2. The molecule has 0 spiro atoms. The first kappa shape index (κ1) is 23.8. The van der Waals surface area contributed by atoms with Crippen LogP contribution in [0.4, 0.5) is 5.69 Å². The fourth-order valence-corrected chi connectivity index (χ4v) is 3.95. The van der Waals surface area contributed by atoms with E-state index >= 15 is 0 Å². The summed E-state index contributed by atoms with van der Waals surface area (Å²) in [5, 5.41) is 6.84. The van der Waals surface area contributed by atoms with Crippen molar-refractivity contribution in [3.8, 4) is 11.5 Å². The molecule has 0 radical (unpaired) electrons. The largest absolute Gasteiger partial charge is 0.497 e. The third-order valence-electron chi connectivity index (χ3n) is 4.87. The molecule has 3 aromatic carbocycles. The zero-order chi connectivity index (χ0) is 24.0. The summed E-state index contributed by atoms with van der Waals surface area (Å²) in [4.78, 5) is 14.5. The Morgan fingerprint density at radius 3 is 2.12 bits per heavy atom. The van der Waals surface area contributed by atoms with Crippen molar-refractivity contribution in [2.24, 2.45) is 5.10 Å². The van der Waals surface area contributed by atoms with Gasteiger partial charge in [-0.1, -0.05) is 29.8 Å². The number of aryl methyl sites for hydroxylation is 1. The molecule has 9 heteroatoms. The van der Waals surface area contributed by atoms with E-state index in [1.807, 2.05) is 19.1 Å². The first-order valence-corrected chi connectivity index (χ1v) is 11.5. The van der Waals surface area contributed by atoms with E-state index in [0.717, 1.165) is 5.56 Å². The van der Waals surface area contributed by atoms with Crippen molar-refractivity contribution in [2.45, 2.75) is 18.7 Å². The highest BCUT2D eigenvalue weighted by molar-refractivity contribution is 7.89. The van der Waals surface area contributed by atoms with Gasteiger partial charge in [-0.25, -0.2) is 0 Å². The molecular formula is C24H25N3O5S. The van der Waals surface area contributed by atoms with Crippen LogP contribution >= 0.6 is 0 Å². The van der Waals surface area contributed by atoms with Gasteiger partial charge in [0, 0.05) is 17.3 Å². The van der Waals surface area contributed by atoms with Gasteiger partial charge in [0.25, 0.3) is 15.9 Å². The van der Waals surface area contributed by atoms with Crippen molar-refractivity contribution in [2.75, 3.05) is 19.5 Å². The minimum absolute atomic E-state index is 0.0588. The molecule has 0 bridgehead atoms. The van der Waals surface area contributed by atoms with E-state index in [1.165, 1.54) is 32.4 Å². The fraction of sp³-hybridized carbons (Fsp3) is 0.167. The highest BCUT2D eigenvalue weighted by Gasteiger charge is 2.20. The Bertz CT molecular complexity index is 1270. The Kier molecular flexibility index (Phi) is 7.34. The number of nitrogens with zero attached hydrogens (tertiary/aromatic N) is 1. The topological polar surface area (TPSA) is 106 Å². The molecule has 0 saturated carbocycles. The van der Waals surface area contributed by atoms with Gasteiger partial charge in [0.15, 0.2) is 0 Å². The number of anilines is 1. The first-order chi connectivity index (χ1) is 15.7. The molecule has 0 saturated heterocycles. The fourth-order valence-electron chi connectivity index (χ4n) is 2.94. The Labute approximate surface area is 193 Å². The van der Waals surface area contributed by atoms with Crippen LogP contribution in [-0.2, 0) is 10.0 Å². The molecule has 0 fully saturated rings. The highest BCUT2D eigenvalue weighted by Crippen LogP contribution is 2.28. The molecule has 0 aliphatic rings. The molecule has 8 nitrogen and oxygen atoms in total. The number of amides is 1. The zero-order valence-corrected chi connectivity index (χ0v) is 19.6. The quantitative estimate of drug-likeness (QED) is 0.385. The van der Waals surface area contributed by atoms with E-state index in [0.29, 0.717) is 28.3 Å². The van der Waals surface area contributed by atoms with Crippen LogP contribution in [0.1, 0.15) is 28.4 Å². The van der Waals surface area contributed by atoms with Gasteiger partial charge in [0.1, 0.15) is 16.4 Å². The van der Waals surface area contributed by atoms with Crippen molar-refractivity contribution < 1.29 is 22.7 Å². The summed E-state index contributed by atoms with van der Waals surface area (Å²) in [7, 11) is -1.11. The molecule has 33 heavy (non-hydrogen) atoms. The Hall–Kier alpha value is -3.85. The van der Waals surface area contributed by atoms with Crippen molar-refractivity contribution in [1.29, 1.82) is 0 Å². The van der Waals surface area contributed by atoms with Crippen molar-refractivity contribution in [3.63, 3.8) is 0 Å². The lowest BCUT2D eigenvalue weighted by Crippen LogP contribution is -2.20. The smallest absolute Gasteiger partial charge is 0.280 e. The summed E-state index contributed by atoms with van der Waals surface area (Å²) < 4.78 is 35.6. The van der Waals surface area contributed by atoms with Crippen LogP contribution in [0.3, 0.4) is 0 Å². The van der Waals surface area contributed by atoms with E-state index in [4.69, 9.17) is 9.47 Å². The molecule has 3 aromatic rings. The van der Waals surface area contributed by atoms with Crippen LogP contribution in [-0.4, -0.2) is 34.3 Å². The number of rotatable bonds is 8. The number of hydrazone groups is 1. The molecular weight excluding hydrogens is 442 g/mol. The minimum atomic E-state index is -3.96. The third kappa shape index (κ3) is 5.89. The lowest BCUT2D eigenvalue weighted by atomic mass is 10.1. The van der Waals surface area contributed by atoms with Crippen molar-refractivity contribution >= 4 is 27.3 Å². The van der Waals surface area contributed by atoms with Crippen LogP contribution in [0.2, 0.25) is 0 Å². The number of hydrogen-bond donors (Lipinski definition) is 2. The number of benzene rings is 3. The summed E-state index contributed by atoms with van der Waals surface area (Å²) in [5.74, 6) is 0.401. The molecule has 3 rings (SSSR count). The predicted octanol–water partition coefficient (Wildman–Crippen LogP) is 3.97. The summed E-state index contributed by atoms with van der Waals surface area (Å²) in [6.45, 7) is 3.63. The van der Waals surface area contributed by atoms with Gasteiger partial charge in [-0.15, -0.1) is 0 Å². The lowest BCUT2D eigenvalue weighted by Gasteiger charge is -2.11. The minimum Gasteiger partial charge on any atom is -0.497 e. The molecule has 0 aromatic heterocycles. The third-order valence-corrected chi connectivity index (χ3v) is 6.12. The maximum absolute atomic E-state index is 12.7. The average Bonchev–Trinajstić information content (AvgIpc) is 2.83. The predicted molar refractivity (Wildman–Crippen MR) is 128 cm³/mol. The highest BCUT2D eigenvalue weighted by atomic mass is 32.2. The molecule has 0 heterocycles. The van der Waals surface area contributed by atoms with Crippen LogP contribution in [0, 0.1) is 6.92 Å². The molecule has 0 aliphatic heterocycles. The van der Waals surface area contributed by atoms with E-state index in [9.17, 15) is 13.2 Å². The SMILES string of the molecule is COc1ccc(S(=O)(=O)NN=C(C)c2ccc(NC(=O)c3ccc(C)cc3)cc2)c(OC)c1. The summed E-state index contributed by atoms with van der Waals surface area (Å²) >= 11 is 0. The summed E-state index contributed by atoms with van der Waals surface area (Å²) in [6.07, 6.45) is 0. The van der Waals surface area contributed by atoms with E-state index in [2.05, 4.69) is 15.2 Å².